The van der Waals surface area contributed by atoms with Gasteiger partial charge in [-0.25, -0.2) is 18.5 Å². The van der Waals surface area contributed by atoms with Crippen LogP contribution in [-0.2, 0) is 22.8 Å². The Morgan fingerprint density at radius 1 is 1.28 bits per heavy atom. The normalized spacial score (nSPS) is 12.9. The number of carboxylic acid groups (broad SMARTS) is 1. The molecule has 0 amide bonds. The zero-order valence-electron chi connectivity index (χ0n) is 14.3. The highest BCUT2D eigenvalue weighted by Crippen LogP contribution is 2.27. The summed E-state index contributed by atoms with van der Waals surface area (Å²) in [7, 11) is 0.749. The highest BCUT2D eigenvalue weighted by Gasteiger charge is 2.35. The van der Waals surface area contributed by atoms with Crippen LogP contribution >= 0.6 is 11.6 Å². The Morgan fingerprint density at radius 2 is 1.90 bits per heavy atom. The molecule has 0 saturated heterocycles. The fourth-order valence-electron chi connectivity index (χ4n) is 2.26. The summed E-state index contributed by atoms with van der Waals surface area (Å²) >= 11 is 5.80. The number of hydrogen-bond acceptors (Lipinski definition) is 5. The zero-order valence-corrected chi connectivity index (χ0v) is 15.0. The summed E-state index contributed by atoms with van der Waals surface area (Å²) in [5, 5.41) is 8.46. The Kier molecular flexibility index (Phi) is 6.07. The number of rotatable bonds is 5. The highest BCUT2D eigenvalue weighted by molar-refractivity contribution is 6.33. The van der Waals surface area contributed by atoms with Gasteiger partial charge in [-0.05, 0) is 12.1 Å². The SMILES string of the molecule is Cn1c(C(F)(F)F)cc(=O)n(-c2cc(C=N[C@H](C=O)C(=O)O)c(Cl)cc2F)c1=O. The molecule has 0 unspecified atom stereocenters. The van der Waals surface area contributed by atoms with Crippen molar-refractivity contribution in [1.82, 2.24) is 9.13 Å². The number of alkyl halides is 3. The monoisotopic (exact) mass is 435 g/mol. The van der Waals surface area contributed by atoms with E-state index < -0.39 is 46.6 Å². The van der Waals surface area contributed by atoms with Crippen LogP contribution in [-0.4, -0.2) is 38.8 Å². The zero-order chi connectivity index (χ0) is 22.1. The van der Waals surface area contributed by atoms with E-state index in [1.165, 1.54) is 0 Å². The van der Waals surface area contributed by atoms with Crippen LogP contribution in [0.5, 0.6) is 0 Å². The van der Waals surface area contributed by atoms with Crippen LogP contribution in [0.4, 0.5) is 17.6 Å². The first kappa shape index (κ1) is 22.0. The fraction of sp³-hybridized carbons (Fsp3) is 0.188. The third-order valence-electron chi connectivity index (χ3n) is 3.67. The van der Waals surface area contributed by atoms with Crippen molar-refractivity contribution >= 4 is 30.1 Å². The van der Waals surface area contributed by atoms with Gasteiger partial charge < -0.3 is 9.90 Å². The summed E-state index contributed by atoms with van der Waals surface area (Å²) in [5.74, 6) is -2.79. The number of halogens is 5. The Labute approximate surface area is 163 Å². The molecule has 0 aliphatic rings. The molecule has 8 nitrogen and oxygen atoms in total. The molecule has 0 bridgehead atoms. The van der Waals surface area contributed by atoms with E-state index in [2.05, 4.69) is 4.99 Å². The van der Waals surface area contributed by atoms with Crippen molar-refractivity contribution in [2.24, 2.45) is 12.0 Å². The van der Waals surface area contributed by atoms with Crippen molar-refractivity contribution in [3.8, 4) is 5.69 Å². The van der Waals surface area contributed by atoms with Crippen LogP contribution in [0, 0.1) is 5.82 Å². The number of carboxylic acids is 1. The van der Waals surface area contributed by atoms with Crippen LogP contribution < -0.4 is 11.2 Å². The molecule has 29 heavy (non-hydrogen) atoms. The smallest absolute Gasteiger partial charge is 0.431 e. The lowest BCUT2D eigenvalue weighted by molar-refractivity contribution is -0.144. The maximum absolute atomic E-state index is 14.3. The van der Waals surface area contributed by atoms with E-state index in [9.17, 15) is 36.7 Å². The second-order valence-corrected chi connectivity index (χ2v) is 5.97. The lowest BCUT2D eigenvalue weighted by Gasteiger charge is -2.14. The molecule has 0 fully saturated rings. The maximum atomic E-state index is 14.3. The number of carbonyl (C=O) groups excluding carboxylic acids is 1. The van der Waals surface area contributed by atoms with Crippen LogP contribution in [0.25, 0.3) is 5.69 Å². The molecule has 1 aromatic carbocycles. The second kappa shape index (κ2) is 7.99. The molecule has 13 heteroatoms. The molecule has 1 atom stereocenters. The molecule has 1 heterocycles. The molecule has 0 spiro atoms. The van der Waals surface area contributed by atoms with Crippen LogP contribution in [0.3, 0.4) is 0 Å². The standard InChI is InChI=1S/C16H10ClF4N3O5/c1-23-12(16(19,20)21)4-13(26)24(15(23)29)11-2-7(8(17)3-9(11)18)5-22-10(6-25)14(27)28/h2-6,10H,1H3,(H,27,28)/t10-/m1/s1. The van der Waals surface area contributed by atoms with E-state index in [4.69, 9.17) is 16.7 Å². The number of aldehydes is 1. The summed E-state index contributed by atoms with van der Waals surface area (Å²) < 4.78 is 53.4. The van der Waals surface area contributed by atoms with Gasteiger partial charge in [-0.2, -0.15) is 13.2 Å². The third-order valence-corrected chi connectivity index (χ3v) is 4.00. The minimum Gasteiger partial charge on any atom is -0.479 e. The van der Waals surface area contributed by atoms with Gasteiger partial charge >= 0.3 is 17.8 Å². The van der Waals surface area contributed by atoms with Gasteiger partial charge in [0.05, 0.1) is 10.7 Å². The predicted molar refractivity (Wildman–Crippen MR) is 92.3 cm³/mol. The molecule has 0 saturated carbocycles. The minimum atomic E-state index is -5.00. The van der Waals surface area contributed by atoms with Gasteiger partial charge in [0.25, 0.3) is 5.56 Å². The number of benzene rings is 1. The van der Waals surface area contributed by atoms with E-state index in [1.807, 2.05) is 0 Å². The van der Waals surface area contributed by atoms with E-state index in [0.29, 0.717) is 6.07 Å². The minimum absolute atomic E-state index is 0.00722. The van der Waals surface area contributed by atoms with Crippen molar-refractivity contribution in [3.63, 3.8) is 0 Å². The predicted octanol–water partition coefficient (Wildman–Crippen LogP) is 1.42. The highest BCUT2D eigenvalue weighted by atomic mass is 35.5. The number of nitrogens with zero attached hydrogens (tertiary/aromatic N) is 3. The van der Waals surface area contributed by atoms with Crippen molar-refractivity contribution in [3.05, 3.63) is 61.1 Å². The molecule has 1 aromatic heterocycles. The van der Waals surface area contributed by atoms with Crippen LogP contribution in [0.15, 0.2) is 32.8 Å². The van der Waals surface area contributed by atoms with Crippen molar-refractivity contribution < 1.29 is 32.3 Å². The molecule has 0 aliphatic carbocycles. The topological polar surface area (TPSA) is 111 Å². The lowest BCUT2D eigenvalue weighted by atomic mass is 10.2. The van der Waals surface area contributed by atoms with E-state index in [-0.39, 0.29) is 32.1 Å². The lowest BCUT2D eigenvalue weighted by Crippen LogP contribution is -2.41. The number of aliphatic carboxylic acids is 1. The van der Waals surface area contributed by atoms with Crippen LogP contribution in [0.1, 0.15) is 11.3 Å². The molecule has 2 rings (SSSR count). The van der Waals surface area contributed by atoms with Gasteiger partial charge in [0, 0.05) is 24.9 Å². The summed E-state index contributed by atoms with van der Waals surface area (Å²) in [6.45, 7) is 0. The Bertz CT molecular complexity index is 1140. The van der Waals surface area contributed by atoms with Crippen LogP contribution in [0.2, 0.25) is 5.02 Å². The van der Waals surface area contributed by atoms with Gasteiger partial charge in [-0.3, -0.25) is 14.4 Å². The summed E-state index contributed by atoms with van der Waals surface area (Å²) in [6.07, 6.45) is -4.20. The largest absolute Gasteiger partial charge is 0.479 e. The number of aliphatic imine (C=N–C) groups is 1. The Balaban J connectivity index is 2.71. The fourth-order valence-corrected chi connectivity index (χ4v) is 2.46. The maximum Gasteiger partial charge on any atom is 0.431 e. The molecule has 0 aliphatic heterocycles. The van der Waals surface area contributed by atoms with Gasteiger partial charge in [0.15, 0.2) is 6.29 Å². The van der Waals surface area contributed by atoms with E-state index in [0.717, 1.165) is 19.3 Å². The Hall–Kier alpha value is -3.28. The molecule has 154 valence electrons. The summed E-state index contributed by atoms with van der Waals surface area (Å²) in [5.41, 5.74) is -5.40. The number of hydrogen-bond donors (Lipinski definition) is 1. The quantitative estimate of drug-likeness (QED) is 0.330. The van der Waals surface area contributed by atoms with Gasteiger partial charge in [-0.1, -0.05) is 11.6 Å². The third kappa shape index (κ3) is 4.42. The Morgan fingerprint density at radius 3 is 2.41 bits per heavy atom. The molecule has 2 aromatic rings. The van der Waals surface area contributed by atoms with Crippen molar-refractivity contribution in [1.29, 1.82) is 0 Å². The second-order valence-electron chi connectivity index (χ2n) is 5.57. The summed E-state index contributed by atoms with van der Waals surface area (Å²) in [6, 6.07) is -0.212. The van der Waals surface area contributed by atoms with Gasteiger partial charge in [0.2, 0.25) is 6.04 Å². The van der Waals surface area contributed by atoms with E-state index >= 15 is 0 Å². The van der Waals surface area contributed by atoms with Crippen molar-refractivity contribution in [2.45, 2.75) is 12.2 Å². The first-order chi connectivity index (χ1) is 13.4. The van der Waals surface area contributed by atoms with E-state index in [1.54, 1.807) is 0 Å². The van der Waals surface area contributed by atoms with Gasteiger partial charge in [0.1, 0.15) is 11.5 Å². The van der Waals surface area contributed by atoms with Gasteiger partial charge in [-0.15, -0.1) is 0 Å². The molecular weight excluding hydrogens is 426 g/mol. The first-order valence-corrected chi connectivity index (χ1v) is 7.87. The average molecular weight is 436 g/mol. The molecule has 1 N–H and O–H groups in total. The first-order valence-electron chi connectivity index (χ1n) is 7.49. The number of carbonyl (C=O) groups is 2. The van der Waals surface area contributed by atoms with Crippen molar-refractivity contribution in [2.75, 3.05) is 0 Å². The number of aromatic nitrogens is 2. The summed E-state index contributed by atoms with van der Waals surface area (Å²) in [4.78, 5) is 49.3. The average Bonchev–Trinajstić information content (AvgIpc) is 2.60. The molecule has 0 radical (unpaired) electrons. The molecular formula is C16H10ClF4N3O5.